The molecular formula is C20H19BrN2O4. The van der Waals surface area contributed by atoms with Gasteiger partial charge in [0.05, 0.1) is 18.7 Å². The van der Waals surface area contributed by atoms with Gasteiger partial charge in [0.15, 0.2) is 0 Å². The number of carbonyl (C=O) groups is 2. The van der Waals surface area contributed by atoms with Gasteiger partial charge >= 0.3 is 12.0 Å². The second-order valence-corrected chi connectivity index (χ2v) is 6.93. The van der Waals surface area contributed by atoms with E-state index in [1.165, 1.54) is 7.11 Å². The first kappa shape index (κ1) is 19.0. The van der Waals surface area contributed by atoms with Gasteiger partial charge in [-0.15, -0.1) is 0 Å². The molecule has 2 aromatic carbocycles. The van der Waals surface area contributed by atoms with E-state index in [4.69, 9.17) is 9.47 Å². The van der Waals surface area contributed by atoms with Gasteiger partial charge in [0.1, 0.15) is 12.4 Å². The van der Waals surface area contributed by atoms with E-state index in [1.807, 2.05) is 42.5 Å². The van der Waals surface area contributed by atoms with E-state index in [0.29, 0.717) is 29.2 Å². The molecule has 3 rings (SSSR count). The lowest BCUT2D eigenvalue weighted by Gasteiger charge is -2.29. The number of allylic oxidation sites excluding steroid dienone is 1. The molecule has 6 nitrogen and oxygen atoms in total. The number of benzene rings is 2. The van der Waals surface area contributed by atoms with E-state index < -0.39 is 12.0 Å². The van der Waals surface area contributed by atoms with Crippen molar-refractivity contribution >= 4 is 27.9 Å². The molecule has 27 heavy (non-hydrogen) atoms. The van der Waals surface area contributed by atoms with Gasteiger partial charge in [-0.05, 0) is 30.7 Å². The molecule has 0 fully saturated rings. The number of nitrogens with one attached hydrogen (secondary N) is 2. The third-order valence-electron chi connectivity index (χ3n) is 4.19. The summed E-state index contributed by atoms with van der Waals surface area (Å²) in [6.07, 6.45) is 0. The van der Waals surface area contributed by atoms with Gasteiger partial charge in [0, 0.05) is 15.7 Å². The lowest BCUT2D eigenvalue weighted by molar-refractivity contribution is -0.136. The Morgan fingerprint density at radius 3 is 2.63 bits per heavy atom. The van der Waals surface area contributed by atoms with Gasteiger partial charge < -0.3 is 20.1 Å². The van der Waals surface area contributed by atoms with E-state index >= 15 is 0 Å². The number of rotatable bonds is 5. The average molecular weight is 431 g/mol. The van der Waals surface area contributed by atoms with Gasteiger partial charge in [-0.3, -0.25) is 0 Å². The van der Waals surface area contributed by atoms with Crippen molar-refractivity contribution in [2.24, 2.45) is 0 Å². The number of ether oxygens (including phenoxy) is 2. The van der Waals surface area contributed by atoms with Crippen molar-refractivity contribution in [1.29, 1.82) is 0 Å². The van der Waals surface area contributed by atoms with Gasteiger partial charge in [-0.25, -0.2) is 9.59 Å². The molecule has 2 N–H and O–H groups in total. The summed E-state index contributed by atoms with van der Waals surface area (Å²) in [5.41, 5.74) is 2.46. The van der Waals surface area contributed by atoms with Gasteiger partial charge in [-0.1, -0.05) is 46.3 Å². The number of esters is 1. The topological polar surface area (TPSA) is 76.7 Å². The summed E-state index contributed by atoms with van der Waals surface area (Å²) < 4.78 is 11.7. The SMILES string of the molecule is COC(=O)C1=C(C)NC(=O)N[C@@H]1c1cc(Br)ccc1OCc1ccccc1. The van der Waals surface area contributed by atoms with Crippen molar-refractivity contribution in [3.63, 3.8) is 0 Å². The van der Waals surface area contributed by atoms with Crippen LogP contribution in [0.2, 0.25) is 0 Å². The Labute approximate surface area is 165 Å². The van der Waals surface area contributed by atoms with Crippen LogP contribution in [-0.4, -0.2) is 19.1 Å². The lowest BCUT2D eigenvalue weighted by Crippen LogP contribution is -2.45. The average Bonchev–Trinajstić information content (AvgIpc) is 2.66. The lowest BCUT2D eigenvalue weighted by atomic mass is 9.95. The number of hydrogen-bond donors (Lipinski definition) is 2. The van der Waals surface area contributed by atoms with Crippen LogP contribution < -0.4 is 15.4 Å². The van der Waals surface area contributed by atoms with Crippen LogP contribution in [0.4, 0.5) is 4.79 Å². The van der Waals surface area contributed by atoms with Crippen LogP contribution in [0.25, 0.3) is 0 Å². The monoisotopic (exact) mass is 430 g/mol. The number of hydrogen-bond acceptors (Lipinski definition) is 4. The minimum Gasteiger partial charge on any atom is -0.489 e. The van der Waals surface area contributed by atoms with Crippen molar-refractivity contribution in [1.82, 2.24) is 10.6 Å². The molecule has 1 aliphatic heterocycles. The first-order chi connectivity index (χ1) is 13.0. The standard InChI is InChI=1S/C20H19BrN2O4/c1-12-17(19(24)26-2)18(23-20(25)22-12)15-10-14(21)8-9-16(15)27-11-13-6-4-3-5-7-13/h3-10,18H,11H2,1-2H3,(H2,22,23,25)/t18-/m1/s1. The van der Waals surface area contributed by atoms with Crippen LogP contribution in [-0.2, 0) is 16.1 Å². The summed E-state index contributed by atoms with van der Waals surface area (Å²) in [4.78, 5) is 24.3. The molecular weight excluding hydrogens is 412 g/mol. The van der Waals surface area contributed by atoms with Gasteiger partial charge in [0.25, 0.3) is 0 Å². The highest BCUT2D eigenvalue weighted by molar-refractivity contribution is 9.10. The Hall–Kier alpha value is -2.80. The molecule has 7 heteroatoms. The minimum absolute atomic E-state index is 0.333. The molecule has 0 saturated carbocycles. The number of halogens is 1. The molecule has 0 aliphatic carbocycles. The maximum Gasteiger partial charge on any atom is 0.337 e. The van der Waals surface area contributed by atoms with Crippen LogP contribution in [0.15, 0.2) is 64.3 Å². The second kappa shape index (κ2) is 8.26. The van der Waals surface area contributed by atoms with Crippen LogP contribution in [0.1, 0.15) is 24.1 Å². The Morgan fingerprint density at radius 2 is 1.93 bits per heavy atom. The molecule has 1 atom stereocenters. The highest BCUT2D eigenvalue weighted by Crippen LogP contribution is 2.35. The molecule has 140 valence electrons. The third kappa shape index (κ3) is 4.31. The molecule has 0 unspecified atom stereocenters. The summed E-state index contributed by atoms with van der Waals surface area (Å²) in [7, 11) is 1.31. The molecule has 2 aromatic rings. The summed E-state index contributed by atoms with van der Waals surface area (Å²) in [5.74, 6) is 0.0578. The number of methoxy groups -OCH3 is 1. The first-order valence-electron chi connectivity index (χ1n) is 8.32. The van der Waals surface area contributed by atoms with Crippen molar-refractivity contribution in [3.05, 3.63) is 75.4 Å². The maximum absolute atomic E-state index is 12.3. The van der Waals surface area contributed by atoms with E-state index in [1.54, 1.807) is 13.0 Å². The fourth-order valence-electron chi connectivity index (χ4n) is 2.92. The first-order valence-corrected chi connectivity index (χ1v) is 9.11. The molecule has 1 heterocycles. The summed E-state index contributed by atoms with van der Waals surface area (Å²) in [6.45, 7) is 2.03. The number of carbonyl (C=O) groups excluding carboxylic acids is 2. The smallest absolute Gasteiger partial charge is 0.337 e. The Balaban J connectivity index is 1.98. The molecule has 0 radical (unpaired) electrons. The molecule has 0 spiro atoms. The molecule has 0 aromatic heterocycles. The Bertz CT molecular complexity index is 896. The third-order valence-corrected chi connectivity index (χ3v) is 4.69. The fourth-order valence-corrected chi connectivity index (χ4v) is 3.30. The predicted molar refractivity (Wildman–Crippen MR) is 104 cm³/mol. The quantitative estimate of drug-likeness (QED) is 0.706. The van der Waals surface area contributed by atoms with Gasteiger partial charge in [-0.2, -0.15) is 0 Å². The van der Waals surface area contributed by atoms with Crippen molar-refractivity contribution in [2.75, 3.05) is 7.11 Å². The zero-order valence-corrected chi connectivity index (χ0v) is 16.5. The zero-order chi connectivity index (χ0) is 19.4. The Kier molecular flexibility index (Phi) is 5.81. The highest BCUT2D eigenvalue weighted by atomic mass is 79.9. The van der Waals surface area contributed by atoms with Crippen molar-refractivity contribution in [2.45, 2.75) is 19.6 Å². The zero-order valence-electron chi connectivity index (χ0n) is 14.9. The van der Waals surface area contributed by atoms with E-state index in [-0.39, 0.29) is 6.03 Å². The Morgan fingerprint density at radius 1 is 1.19 bits per heavy atom. The molecule has 0 bridgehead atoms. The van der Waals surface area contributed by atoms with Crippen molar-refractivity contribution in [3.8, 4) is 5.75 Å². The molecule has 2 amide bonds. The van der Waals surface area contributed by atoms with Crippen LogP contribution in [0.5, 0.6) is 5.75 Å². The molecule has 1 aliphatic rings. The highest BCUT2D eigenvalue weighted by Gasteiger charge is 2.33. The number of amides is 2. The fraction of sp³-hybridized carbons (Fsp3) is 0.200. The second-order valence-electron chi connectivity index (χ2n) is 6.02. The van der Waals surface area contributed by atoms with Crippen LogP contribution in [0.3, 0.4) is 0 Å². The predicted octanol–water partition coefficient (Wildman–Crippen LogP) is 3.83. The largest absolute Gasteiger partial charge is 0.489 e. The maximum atomic E-state index is 12.3. The van der Waals surface area contributed by atoms with Crippen LogP contribution in [0, 0.1) is 0 Å². The minimum atomic E-state index is -0.686. The normalized spacial score (nSPS) is 16.4. The summed E-state index contributed by atoms with van der Waals surface area (Å²) >= 11 is 3.45. The van der Waals surface area contributed by atoms with E-state index in [0.717, 1.165) is 10.0 Å². The van der Waals surface area contributed by atoms with Crippen molar-refractivity contribution < 1.29 is 19.1 Å². The molecule has 0 saturated heterocycles. The van der Waals surface area contributed by atoms with E-state index in [2.05, 4.69) is 26.6 Å². The summed E-state index contributed by atoms with van der Waals surface area (Å²) in [5, 5.41) is 5.40. The van der Waals surface area contributed by atoms with Crippen LogP contribution >= 0.6 is 15.9 Å². The summed E-state index contributed by atoms with van der Waals surface area (Å²) in [6, 6.07) is 14.2. The number of urea groups is 1. The van der Waals surface area contributed by atoms with Gasteiger partial charge in [0.2, 0.25) is 0 Å². The van der Waals surface area contributed by atoms with E-state index in [9.17, 15) is 9.59 Å².